The second-order valence-corrected chi connectivity index (χ2v) is 5.97. The van der Waals surface area contributed by atoms with Crippen molar-refractivity contribution in [2.45, 2.75) is 44.2 Å². The Labute approximate surface area is 132 Å². The Hall–Kier alpha value is -1.65. The van der Waals surface area contributed by atoms with E-state index in [0.29, 0.717) is 11.5 Å². The van der Waals surface area contributed by atoms with Gasteiger partial charge in [-0.25, -0.2) is 8.78 Å². The van der Waals surface area contributed by atoms with Gasteiger partial charge in [-0.05, 0) is 61.6 Å². The van der Waals surface area contributed by atoms with Gasteiger partial charge in [-0.3, -0.25) is 0 Å². The Morgan fingerprint density at radius 2 is 1.61 bits per heavy atom. The number of allylic oxidation sites excluding steroid dienone is 3. The molecule has 5 heteroatoms. The molecule has 0 heterocycles. The molecule has 0 nitrogen and oxygen atoms in total. The summed E-state index contributed by atoms with van der Waals surface area (Å²) >= 11 is 0. The minimum Gasteiger partial charge on any atom is -0.206 e. The fourth-order valence-corrected chi connectivity index (χ4v) is 3.20. The maximum absolute atomic E-state index is 13.7. The average Bonchev–Trinajstić information content (AvgIpc) is 2.46. The average molecular weight is 330 g/mol. The second-order valence-electron chi connectivity index (χ2n) is 5.97. The summed E-state index contributed by atoms with van der Waals surface area (Å²) in [6.07, 6.45) is 4.80. The molecule has 0 amide bonds. The molecular formula is C18H19F5. The summed E-state index contributed by atoms with van der Waals surface area (Å²) in [5.41, 5.74) is -1.47. The molecule has 0 bridgehead atoms. The Bertz CT molecular complexity index is 555. The van der Waals surface area contributed by atoms with Crippen molar-refractivity contribution in [2.75, 3.05) is 0 Å². The third-order valence-corrected chi connectivity index (χ3v) is 4.41. The van der Waals surface area contributed by atoms with Gasteiger partial charge in [0.25, 0.3) is 0 Å². The van der Waals surface area contributed by atoms with Crippen LogP contribution < -0.4 is 0 Å². The van der Waals surface area contributed by atoms with E-state index in [1.165, 1.54) is 0 Å². The number of alkyl halides is 3. The Morgan fingerprint density at radius 1 is 1.04 bits per heavy atom. The predicted molar refractivity (Wildman–Crippen MR) is 80.0 cm³/mol. The van der Waals surface area contributed by atoms with E-state index in [9.17, 15) is 22.0 Å². The van der Waals surface area contributed by atoms with Crippen molar-refractivity contribution in [1.29, 1.82) is 0 Å². The summed E-state index contributed by atoms with van der Waals surface area (Å²) in [7, 11) is 0. The first-order valence-electron chi connectivity index (χ1n) is 7.66. The lowest BCUT2D eigenvalue weighted by Gasteiger charge is -2.28. The quantitative estimate of drug-likeness (QED) is 0.443. The number of benzene rings is 1. The van der Waals surface area contributed by atoms with Crippen LogP contribution in [0.25, 0.3) is 0 Å². The maximum Gasteiger partial charge on any atom is 0.422 e. The van der Waals surface area contributed by atoms with Crippen LogP contribution in [0.3, 0.4) is 0 Å². The van der Waals surface area contributed by atoms with E-state index in [1.807, 2.05) is 12.2 Å². The van der Waals surface area contributed by atoms with E-state index in [2.05, 4.69) is 6.58 Å². The minimum absolute atomic E-state index is 0.0825. The van der Waals surface area contributed by atoms with Gasteiger partial charge < -0.3 is 0 Å². The van der Waals surface area contributed by atoms with Crippen molar-refractivity contribution in [2.24, 2.45) is 5.92 Å². The zero-order chi connectivity index (χ0) is 17.0. The van der Waals surface area contributed by atoms with Crippen molar-refractivity contribution in [3.63, 3.8) is 0 Å². The van der Waals surface area contributed by atoms with Crippen LogP contribution in [-0.2, 0) is 6.18 Å². The third-order valence-electron chi connectivity index (χ3n) is 4.41. The second kappa shape index (κ2) is 7.28. The van der Waals surface area contributed by atoms with Crippen molar-refractivity contribution < 1.29 is 22.0 Å². The highest BCUT2D eigenvalue weighted by molar-refractivity contribution is 5.30. The molecule has 126 valence electrons. The first kappa shape index (κ1) is 17.7. The van der Waals surface area contributed by atoms with Crippen LogP contribution in [0.5, 0.6) is 0 Å². The van der Waals surface area contributed by atoms with E-state index < -0.39 is 23.4 Å². The molecule has 0 saturated heterocycles. The van der Waals surface area contributed by atoms with E-state index in [4.69, 9.17) is 0 Å². The van der Waals surface area contributed by atoms with Crippen LogP contribution in [-0.4, -0.2) is 0 Å². The van der Waals surface area contributed by atoms with Crippen LogP contribution in [0.1, 0.15) is 49.1 Å². The Balaban J connectivity index is 2.07. The normalized spacial score (nSPS) is 22.5. The molecule has 1 saturated carbocycles. The zero-order valence-corrected chi connectivity index (χ0v) is 12.7. The lowest BCUT2D eigenvalue weighted by molar-refractivity contribution is -0.142. The topological polar surface area (TPSA) is 0 Å². The summed E-state index contributed by atoms with van der Waals surface area (Å²) in [5.74, 6) is -2.63. The SMILES string of the molecule is C=CC=CCC1CCC(c2cc(F)c(C(F)(F)F)c(F)c2)CC1. The fourth-order valence-electron chi connectivity index (χ4n) is 3.20. The minimum atomic E-state index is -5.01. The van der Waals surface area contributed by atoms with E-state index >= 15 is 0 Å². The van der Waals surface area contributed by atoms with Crippen LogP contribution in [0.2, 0.25) is 0 Å². The monoisotopic (exact) mass is 330 g/mol. The number of hydrogen-bond acceptors (Lipinski definition) is 0. The molecule has 1 aromatic rings. The third kappa shape index (κ3) is 4.43. The van der Waals surface area contributed by atoms with Crippen LogP contribution in [0.15, 0.2) is 36.9 Å². The summed E-state index contributed by atoms with van der Waals surface area (Å²) in [6.45, 7) is 3.60. The standard InChI is InChI=1S/C18H19F5/c1-2-3-4-5-12-6-8-13(9-7-12)14-10-15(19)17(16(20)11-14)18(21,22)23/h2-4,10-13H,1,5-9H2. The summed E-state index contributed by atoms with van der Waals surface area (Å²) in [6, 6.07) is 1.68. The van der Waals surface area contributed by atoms with Gasteiger partial charge in [-0.15, -0.1) is 0 Å². The van der Waals surface area contributed by atoms with Crippen LogP contribution in [0, 0.1) is 17.6 Å². The van der Waals surface area contributed by atoms with Crippen LogP contribution in [0.4, 0.5) is 22.0 Å². The summed E-state index contributed by atoms with van der Waals surface area (Å²) < 4.78 is 65.1. The lowest BCUT2D eigenvalue weighted by atomic mass is 9.77. The molecule has 0 aromatic heterocycles. The molecular weight excluding hydrogens is 311 g/mol. The first-order valence-corrected chi connectivity index (χ1v) is 7.66. The number of rotatable bonds is 4. The predicted octanol–water partition coefficient (Wildman–Crippen LogP) is 6.39. The van der Waals surface area contributed by atoms with Gasteiger partial charge >= 0.3 is 6.18 Å². The molecule has 1 aliphatic carbocycles. The van der Waals surface area contributed by atoms with Gasteiger partial charge in [0.05, 0.1) is 0 Å². The molecule has 1 aliphatic rings. The van der Waals surface area contributed by atoms with Gasteiger partial charge in [-0.2, -0.15) is 13.2 Å². The van der Waals surface area contributed by atoms with E-state index in [1.54, 1.807) is 6.08 Å². The maximum atomic E-state index is 13.7. The van der Waals surface area contributed by atoms with Crippen molar-refractivity contribution >= 4 is 0 Å². The molecule has 0 unspecified atom stereocenters. The van der Waals surface area contributed by atoms with E-state index in [0.717, 1.165) is 44.2 Å². The van der Waals surface area contributed by atoms with Gasteiger partial charge in [0.2, 0.25) is 0 Å². The molecule has 1 fully saturated rings. The van der Waals surface area contributed by atoms with Crippen molar-refractivity contribution in [1.82, 2.24) is 0 Å². The highest BCUT2D eigenvalue weighted by Crippen LogP contribution is 2.40. The molecule has 23 heavy (non-hydrogen) atoms. The van der Waals surface area contributed by atoms with Gasteiger partial charge in [-0.1, -0.05) is 24.8 Å². The largest absolute Gasteiger partial charge is 0.422 e. The molecule has 2 rings (SSSR count). The van der Waals surface area contributed by atoms with Gasteiger partial charge in [0.15, 0.2) is 0 Å². The fraction of sp³-hybridized carbons (Fsp3) is 0.444. The van der Waals surface area contributed by atoms with Crippen molar-refractivity contribution in [3.05, 3.63) is 59.7 Å². The molecule has 0 spiro atoms. The van der Waals surface area contributed by atoms with Crippen LogP contribution >= 0.6 is 0 Å². The van der Waals surface area contributed by atoms with E-state index in [-0.39, 0.29) is 5.92 Å². The zero-order valence-electron chi connectivity index (χ0n) is 12.7. The Kier molecular flexibility index (Phi) is 5.60. The molecule has 1 aromatic carbocycles. The summed E-state index contributed by atoms with van der Waals surface area (Å²) in [4.78, 5) is 0. The summed E-state index contributed by atoms with van der Waals surface area (Å²) in [5, 5.41) is 0. The lowest BCUT2D eigenvalue weighted by Crippen LogP contribution is -2.16. The number of hydrogen-bond donors (Lipinski definition) is 0. The van der Waals surface area contributed by atoms with Gasteiger partial charge in [0.1, 0.15) is 17.2 Å². The first-order chi connectivity index (χ1) is 10.8. The molecule has 0 N–H and O–H groups in total. The van der Waals surface area contributed by atoms with Gasteiger partial charge in [0, 0.05) is 0 Å². The highest BCUT2D eigenvalue weighted by atomic mass is 19.4. The smallest absolute Gasteiger partial charge is 0.206 e. The number of halogens is 5. The van der Waals surface area contributed by atoms with Crippen molar-refractivity contribution in [3.8, 4) is 0 Å². The molecule has 0 atom stereocenters. The highest BCUT2D eigenvalue weighted by Gasteiger charge is 2.38. The molecule has 0 aliphatic heterocycles. The molecule has 0 radical (unpaired) electrons. The Morgan fingerprint density at radius 3 is 2.09 bits per heavy atom.